The van der Waals surface area contributed by atoms with Gasteiger partial charge in [0.25, 0.3) is 0 Å². The van der Waals surface area contributed by atoms with Crippen molar-refractivity contribution in [1.82, 2.24) is 14.8 Å². The molecule has 1 amide bonds. The Morgan fingerprint density at radius 3 is 3.21 bits per heavy atom. The summed E-state index contributed by atoms with van der Waals surface area (Å²) in [5, 5.41) is 3.14. The van der Waals surface area contributed by atoms with E-state index in [0.29, 0.717) is 11.9 Å². The molecule has 2 fully saturated rings. The number of nitrogens with zero attached hydrogens (tertiary/aromatic N) is 3. The summed E-state index contributed by atoms with van der Waals surface area (Å²) in [6.07, 6.45) is 3.55. The van der Waals surface area contributed by atoms with Gasteiger partial charge in [0.15, 0.2) is 0 Å². The first kappa shape index (κ1) is 12.4. The molecule has 1 unspecified atom stereocenters. The third kappa shape index (κ3) is 2.42. The number of aromatic nitrogens is 1. The maximum absolute atomic E-state index is 11.7. The fourth-order valence-electron chi connectivity index (χ4n) is 3.10. The van der Waals surface area contributed by atoms with Crippen LogP contribution < -0.4 is 5.32 Å². The minimum absolute atomic E-state index is 0.335. The van der Waals surface area contributed by atoms with Crippen LogP contribution in [0.3, 0.4) is 0 Å². The van der Waals surface area contributed by atoms with Gasteiger partial charge in [0, 0.05) is 57.4 Å². The third-order valence-corrected chi connectivity index (χ3v) is 4.10. The van der Waals surface area contributed by atoms with Crippen LogP contribution in [0, 0.1) is 0 Å². The second-order valence-corrected chi connectivity index (χ2v) is 5.28. The monoisotopic (exact) mass is 260 g/mol. The van der Waals surface area contributed by atoms with Crippen LogP contribution in [0.5, 0.6) is 0 Å². The van der Waals surface area contributed by atoms with E-state index in [1.807, 2.05) is 19.3 Å². The zero-order chi connectivity index (χ0) is 13.2. The minimum Gasteiger partial charge on any atom is -0.373 e. The standard InChI is InChI=1S/C14H20N4O/c1-15-14-11(3-2-6-16-14)9-17-7-8-18-12(10-17)4-5-13(18)19/h2-3,6,12H,4-5,7-10H2,1H3,(H,15,16). The molecule has 1 N–H and O–H groups in total. The average Bonchev–Trinajstić information content (AvgIpc) is 2.81. The molecule has 0 saturated carbocycles. The summed E-state index contributed by atoms with van der Waals surface area (Å²) >= 11 is 0. The van der Waals surface area contributed by atoms with Crippen molar-refractivity contribution in [1.29, 1.82) is 0 Å². The zero-order valence-corrected chi connectivity index (χ0v) is 11.3. The van der Waals surface area contributed by atoms with Crippen molar-refractivity contribution < 1.29 is 4.79 Å². The Bertz CT molecular complexity index is 476. The van der Waals surface area contributed by atoms with Crippen LogP contribution in [0.2, 0.25) is 0 Å². The first-order valence-electron chi connectivity index (χ1n) is 6.91. The molecule has 2 aliphatic heterocycles. The quantitative estimate of drug-likeness (QED) is 0.878. The zero-order valence-electron chi connectivity index (χ0n) is 11.3. The molecule has 19 heavy (non-hydrogen) atoms. The number of carbonyl (C=O) groups is 1. The second kappa shape index (κ2) is 5.17. The molecule has 2 saturated heterocycles. The number of anilines is 1. The highest BCUT2D eigenvalue weighted by Gasteiger charge is 2.35. The Morgan fingerprint density at radius 1 is 1.47 bits per heavy atom. The van der Waals surface area contributed by atoms with Gasteiger partial charge >= 0.3 is 0 Å². The largest absolute Gasteiger partial charge is 0.373 e. The summed E-state index contributed by atoms with van der Waals surface area (Å²) in [5.74, 6) is 1.29. The molecule has 0 radical (unpaired) electrons. The highest BCUT2D eigenvalue weighted by molar-refractivity contribution is 5.78. The number of hydrogen-bond acceptors (Lipinski definition) is 4. The van der Waals surface area contributed by atoms with Gasteiger partial charge in [-0.05, 0) is 12.5 Å². The van der Waals surface area contributed by atoms with Crippen LogP contribution in [0.15, 0.2) is 18.3 Å². The predicted octanol–water partition coefficient (Wildman–Crippen LogP) is 0.930. The number of nitrogens with one attached hydrogen (secondary N) is 1. The van der Waals surface area contributed by atoms with E-state index in [-0.39, 0.29) is 0 Å². The molecule has 3 heterocycles. The van der Waals surface area contributed by atoms with E-state index in [4.69, 9.17) is 0 Å². The van der Waals surface area contributed by atoms with Crippen LogP contribution >= 0.6 is 0 Å². The van der Waals surface area contributed by atoms with Crippen LogP contribution in [0.1, 0.15) is 18.4 Å². The van der Waals surface area contributed by atoms with E-state index in [2.05, 4.69) is 26.2 Å². The Kier molecular flexibility index (Phi) is 3.38. The maximum atomic E-state index is 11.7. The van der Waals surface area contributed by atoms with Crippen molar-refractivity contribution >= 4 is 11.7 Å². The molecule has 1 atom stereocenters. The van der Waals surface area contributed by atoms with Gasteiger partial charge in [0.05, 0.1) is 0 Å². The van der Waals surface area contributed by atoms with Gasteiger partial charge in [-0.25, -0.2) is 4.98 Å². The van der Waals surface area contributed by atoms with Gasteiger partial charge < -0.3 is 10.2 Å². The van der Waals surface area contributed by atoms with Crippen molar-refractivity contribution in [3.05, 3.63) is 23.9 Å². The Morgan fingerprint density at radius 2 is 2.37 bits per heavy atom. The summed E-state index contributed by atoms with van der Waals surface area (Å²) in [5.41, 5.74) is 1.22. The van der Waals surface area contributed by atoms with E-state index in [1.54, 1.807) is 0 Å². The lowest BCUT2D eigenvalue weighted by Gasteiger charge is -2.37. The Labute approximate surface area is 113 Å². The molecule has 1 aromatic heterocycles. The van der Waals surface area contributed by atoms with Crippen molar-refractivity contribution in [3.63, 3.8) is 0 Å². The maximum Gasteiger partial charge on any atom is 0.222 e. The SMILES string of the molecule is CNc1ncccc1CN1CCN2C(=O)CCC2C1. The molecule has 5 nitrogen and oxygen atoms in total. The van der Waals surface area contributed by atoms with E-state index in [1.165, 1.54) is 5.56 Å². The molecule has 0 aliphatic carbocycles. The van der Waals surface area contributed by atoms with Gasteiger partial charge in [0.1, 0.15) is 5.82 Å². The molecule has 0 spiro atoms. The third-order valence-electron chi connectivity index (χ3n) is 4.10. The van der Waals surface area contributed by atoms with E-state index < -0.39 is 0 Å². The molecule has 102 valence electrons. The van der Waals surface area contributed by atoms with Crippen molar-refractivity contribution in [2.24, 2.45) is 0 Å². The summed E-state index contributed by atoms with van der Waals surface area (Å²) in [6.45, 7) is 3.73. The smallest absolute Gasteiger partial charge is 0.222 e. The van der Waals surface area contributed by atoms with Gasteiger partial charge in [-0.3, -0.25) is 9.69 Å². The lowest BCUT2D eigenvalue weighted by Crippen LogP contribution is -2.50. The molecule has 5 heteroatoms. The Balaban J connectivity index is 1.67. The highest BCUT2D eigenvalue weighted by Crippen LogP contribution is 2.24. The summed E-state index contributed by atoms with van der Waals surface area (Å²) < 4.78 is 0. The van der Waals surface area contributed by atoms with Crippen LogP contribution in [0.4, 0.5) is 5.82 Å². The van der Waals surface area contributed by atoms with Gasteiger partial charge in [-0.15, -0.1) is 0 Å². The molecule has 3 rings (SSSR count). The van der Waals surface area contributed by atoms with Crippen LogP contribution in [-0.4, -0.2) is 53.4 Å². The molecule has 0 bridgehead atoms. The lowest BCUT2D eigenvalue weighted by molar-refractivity contribution is -0.130. The van der Waals surface area contributed by atoms with E-state index in [9.17, 15) is 4.79 Å². The molecule has 2 aliphatic rings. The summed E-state index contributed by atoms with van der Waals surface area (Å²) in [6, 6.07) is 4.52. The normalized spacial score (nSPS) is 23.5. The number of rotatable bonds is 3. The first-order valence-corrected chi connectivity index (χ1v) is 6.91. The van der Waals surface area contributed by atoms with E-state index in [0.717, 1.165) is 44.8 Å². The number of amides is 1. The summed E-state index contributed by atoms with van der Waals surface area (Å²) in [4.78, 5) is 20.5. The molecule has 0 aromatic carbocycles. The highest BCUT2D eigenvalue weighted by atomic mass is 16.2. The molecule has 1 aromatic rings. The molecular weight excluding hydrogens is 240 g/mol. The lowest BCUT2D eigenvalue weighted by atomic mass is 10.1. The van der Waals surface area contributed by atoms with Gasteiger partial charge in [-0.1, -0.05) is 6.07 Å². The van der Waals surface area contributed by atoms with E-state index >= 15 is 0 Å². The first-order chi connectivity index (χ1) is 9.28. The Hall–Kier alpha value is -1.62. The number of hydrogen-bond donors (Lipinski definition) is 1. The van der Waals surface area contributed by atoms with Crippen LogP contribution in [-0.2, 0) is 11.3 Å². The number of carbonyl (C=O) groups excluding carboxylic acids is 1. The van der Waals surface area contributed by atoms with Crippen molar-refractivity contribution in [2.75, 3.05) is 32.0 Å². The fraction of sp³-hybridized carbons (Fsp3) is 0.571. The summed E-state index contributed by atoms with van der Waals surface area (Å²) in [7, 11) is 1.90. The van der Waals surface area contributed by atoms with Crippen molar-refractivity contribution in [3.8, 4) is 0 Å². The molecular formula is C14H20N4O. The van der Waals surface area contributed by atoms with Crippen LogP contribution in [0.25, 0.3) is 0 Å². The topological polar surface area (TPSA) is 48.5 Å². The van der Waals surface area contributed by atoms with Gasteiger partial charge in [-0.2, -0.15) is 0 Å². The van der Waals surface area contributed by atoms with Crippen molar-refractivity contribution in [2.45, 2.75) is 25.4 Å². The number of fused-ring (bicyclic) bond motifs is 1. The predicted molar refractivity (Wildman–Crippen MR) is 73.8 cm³/mol. The van der Waals surface area contributed by atoms with Gasteiger partial charge in [0.2, 0.25) is 5.91 Å². The average molecular weight is 260 g/mol. The number of piperazine rings is 1. The minimum atomic E-state index is 0.335. The number of pyridine rings is 1. The fourth-order valence-corrected chi connectivity index (χ4v) is 3.10. The second-order valence-electron chi connectivity index (χ2n) is 5.28.